The molecule has 0 spiro atoms. The number of nitrogens with zero attached hydrogens (tertiary/aromatic N) is 5. The lowest BCUT2D eigenvalue weighted by Gasteiger charge is -2.33. The number of hydrogen-bond acceptors (Lipinski definition) is 8. The van der Waals surface area contributed by atoms with Crippen molar-refractivity contribution in [2.24, 2.45) is 0 Å². The summed E-state index contributed by atoms with van der Waals surface area (Å²) in [4.78, 5) is 30.8. The number of rotatable bonds is 12. The third-order valence-corrected chi connectivity index (χ3v) is 7.90. The molecule has 1 atom stereocenters. The fraction of sp³-hybridized carbons (Fsp3) is 0.364. The molecular formula is C33H37FN6O5. The minimum Gasteiger partial charge on any atom is -0.497 e. The second-order valence-corrected chi connectivity index (χ2v) is 10.9. The summed E-state index contributed by atoms with van der Waals surface area (Å²) in [5.41, 5.74) is 1.89. The molecule has 1 N–H and O–H groups in total. The molecule has 11 nitrogen and oxygen atoms in total. The quantitative estimate of drug-likeness (QED) is 0.243. The number of benzene rings is 3. The second kappa shape index (κ2) is 14.7. The Kier molecular flexibility index (Phi) is 10.2. The van der Waals surface area contributed by atoms with Gasteiger partial charge in [0.1, 0.15) is 24.2 Å². The van der Waals surface area contributed by atoms with Crippen LogP contribution in [0.5, 0.6) is 17.2 Å². The van der Waals surface area contributed by atoms with E-state index in [1.54, 1.807) is 44.6 Å². The first-order chi connectivity index (χ1) is 21.9. The van der Waals surface area contributed by atoms with Crippen LogP contribution in [0.2, 0.25) is 0 Å². The Balaban J connectivity index is 1.46. The summed E-state index contributed by atoms with van der Waals surface area (Å²) < 4.78 is 30.0. The number of tetrazole rings is 1. The van der Waals surface area contributed by atoms with E-state index in [9.17, 15) is 14.0 Å². The zero-order valence-electron chi connectivity index (χ0n) is 25.6. The summed E-state index contributed by atoms with van der Waals surface area (Å²) >= 11 is 0. The maximum atomic E-state index is 14.1. The van der Waals surface area contributed by atoms with Crippen LogP contribution >= 0.6 is 0 Å². The summed E-state index contributed by atoms with van der Waals surface area (Å²) in [6.45, 7) is -0.189. The molecule has 4 aromatic rings. The number of carbonyl (C=O) groups excluding carboxylic acids is 2. The zero-order chi connectivity index (χ0) is 31.8. The molecule has 1 fully saturated rings. The maximum absolute atomic E-state index is 14.1. The lowest BCUT2D eigenvalue weighted by molar-refractivity contribution is -0.142. The molecule has 0 radical (unpaired) electrons. The fourth-order valence-corrected chi connectivity index (χ4v) is 5.51. The van der Waals surface area contributed by atoms with Crippen LogP contribution in [0.25, 0.3) is 11.4 Å². The van der Waals surface area contributed by atoms with Crippen molar-refractivity contribution in [2.75, 3.05) is 21.3 Å². The van der Waals surface area contributed by atoms with E-state index in [0.29, 0.717) is 28.4 Å². The van der Waals surface area contributed by atoms with E-state index in [4.69, 9.17) is 14.2 Å². The first-order valence-electron chi connectivity index (χ1n) is 14.9. The number of hydrogen-bond donors (Lipinski definition) is 1. The SMILES string of the molecule is COc1ccc(CN(C(=O)Cn2nnc(-c3ccc(OC)c(OC)c3)n2)[C@H](C(=O)NC2CCCCC2)c2ccc(F)cc2)cc1. The van der Waals surface area contributed by atoms with Crippen molar-refractivity contribution in [3.63, 3.8) is 0 Å². The van der Waals surface area contributed by atoms with Gasteiger partial charge in [0, 0.05) is 18.2 Å². The first-order valence-corrected chi connectivity index (χ1v) is 14.9. The summed E-state index contributed by atoms with van der Waals surface area (Å²) in [7, 11) is 4.65. The van der Waals surface area contributed by atoms with E-state index in [-0.39, 0.29) is 30.9 Å². The van der Waals surface area contributed by atoms with E-state index in [1.165, 1.54) is 41.1 Å². The summed E-state index contributed by atoms with van der Waals surface area (Å²) in [6, 6.07) is 17.1. The highest BCUT2D eigenvalue weighted by atomic mass is 19.1. The van der Waals surface area contributed by atoms with Crippen molar-refractivity contribution in [1.29, 1.82) is 0 Å². The zero-order valence-corrected chi connectivity index (χ0v) is 25.6. The van der Waals surface area contributed by atoms with Crippen LogP contribution in [0.15, 0.2) is 66.7 Å². The van der Waals surface area contributed by atoms with Gasteiger partial charge in [-0.2, -0.15) is 4.80 Å². The standard InChI is InChI=1S/C33H37FN6O5/c1-43-27-16-9-22(10-17-27)20-39(31(23-11-14-25(34)15-12-23)33(42)35-26-7-5-4-6-8-26)30(41)21-40-37-32(36-38-40)24-13-18-28(44-2)29(19-24)45-3/h9-19,26,31H,4-8,20-21H2,1-3H3,(H,35,42)/t31-/m0/s1. The number of halogens is 1. The van der Waals surface area contributed by atoms with Gasteiger partial charge in [0.15, 0.2) is 11.5 Å². The molecule has 5 rings (SSSR count). The number of amides is 2. The van der Waals surface area contributed by atoms with Gasteiger partial charge in [-0.1, -0.05) is 43.5 Å². The Hall–Kier alpha value is -5.00. The van der Waals surface area contributed by atoms with Crippen molar-refractivity contribution in [3.05, 3.63) is 83.7 Å². The van der Waals surface area contributed by atoms with E-state index in [0.717, 1.165) is 37.7 Å². The van der Waals surface area contributed by atoms with Gasteiger partial charge < -0.3 is 24.4 Å². The molecule has 2 amide bonds. The molecule has 1 saturated carbocycles. The van der Waals surface area contributed by atoms with Crippen molar-refractivity contribution < 1.29 is 28.2 Å². The number of carbonyl (C=O) groups is 2. The molecule has 0 bridgehead atoms. The molecular weight excluding hydrogens is 579 g/mol. The Bertz CT molecular complexity index is 1590. The van der Waals surface area contributed by atoms with Crippen LogP contribution in [0.1, 0.15) is 49.3 Å². The maximum Gasteiger partial charge on any atom is 0.247 e. The normalized spacial score (nSPS) is 14.0. The van der Waals surface area contributed by atoms with Gasteiger partial charge in [0.2, 0.25) is 17.6 Å². The highest BCUT2D eigenvalue weighted by molar-refractivity contribution is 5.89. The van der Waals surface area contributed by atoms with Gasteiger partial charge in [-0.15, -0.1) is 10.2 Å². The van der Waals surface area contributed by atoms with Crippen LogP contribution in [-0.2, 0) is 22.7 Å². The number of aromatic nitrogens is 4. The molecule has 0 aliphatic heterocycles. The van der Waals surface area contributed by atoms with Crippen LogP contribution in [0.4, 0.5) is 4.39 Å². The summed E-state index contributed by atoms with van der Waals surface area (Å²) in [6.07, 6.45) is 4.93. The molecule has 1 heterocycles. The monoisotopic (exact) mass is 616 g/mol. The number of methoxy groups -OCH3 is 3. The molecule has 45 heavy (non-hydrogen) atoms. The van der Waals surface area contributed by atoms with E-state index < -0.39 is 17.8 Å². The average molecular weight is 617 g/mol. The van der Waals surface area contributed by atoms with Crippen LogP contribution in [0, 0.1) is 5.82 Å². The lowest BCUT2D eigenvalue weighted by Crippen LogP contribution is -2.47. The van der Waals surface area contributed by atoms with Gasteiger partial charge >= 0.3 is 0 Å². The van der Waals surface area contributed by atoms with Crippen LogP contribution in [0.3, 0.4) is 0 Å². The molecule has 0 unspecified atom stereocenters. The highest BCUT2D eigenvalue weighted by Crippen LogP contribution is 2.31. The van der Waals surface area contributed by atoms with Crippen molar-refractivity contribution in [2.45, 2.75) is 57.3 Å². The molecule has 1 aromatic heterocycles. The Morgan fingerprint density at radius 3 is 2.31 bits per heavy atom. The third-order valence-electron chi connectivity index (χ3n) is 7.90. The van der Waals surface area contributed by atoms with E-state index in [2.05, 4.69) is 20.7 Å². The van der Waals surface area contributed by atoms with E-state index >= 15 is 0 Å². The fourth-order valence-electron chi connectivity index (χ4n) is 5.51. The number of ether oxygens (including phenoxy) is 3. The Labute approximate surface area is 261 Å². The predicted octanol–water partition coefficient (Wildman–Crippen LogP) is 4.72. The number of nitrogens with one attached hydrogen (secondary N) is 1. The minimum absolute atomic E-state index is 0.00756. The molecule has 0 saturated heterocycles. The van der Waals surface area contributed by atoms with Crippen LogP contribution in [-0.4, -0.2) is 64.3 Å². The topological polar surface area (TPSA) is 121 Å². The van der Waals surface area contributed by atoms with Crippen LogP contribution < -0.4 is 19.5 Å². The van der Waals surface area contributed by atoms with Gasteiger partial charge in [-0.3, -0.25) is 9.59 Å². The molecule has 236 valence electrons. The van der Waals surface area contributed by atoms with Gasteiger partial charge in [0.05, 0.1) is 21.3 Å². The predicted molar refractivity (Wildman–Crippen MR) is 164 cm³/mol. The largest absolute Gasteiger partial charge is 0.497 e. The highest BCUT2D eigenvalue weighted by Gasteiger charge is 2.33. The lowest BCUT2D eigenvalue weighted by atomic mass is 9.94. The average Bonchev–Trinajstić information content (AvgIpc) is 3.54. The van der Waals surface area contributed by atoms with Gasteiger partial charge in [-0.25, -0.2) is 4.39 Å². The minimum atomic E-state index is -1.03. The Morgan fingerprint density at radius 1 is 0.933 bits per heavy atom. The van der Waals surface area contributed by atoms with Crippen molar-refractivity contribution in [3.8, 4) is 28.6 Å². The summed E-state index contributed by atoms with van der Waals surface area (Å²) in [5.74, 6) is 0.818. The smallest absolute Gasteiger partial charge is 0.247 e. The summed E-state index contributed by atoms with van der Waals surface area (Å²) in [5, 5.41) is 15.8. The molecule has 1 aliphatic carbocycles. The Morgan fingerprint density at radius 2 is 1.64 bits per heavy atom. The molecule has 3 aromatic carbocycles. The van der Waals surface area contributed by atoms with Crippen molar-refractivity contribution in [1.82, 2.24) is 30.4 Å². The van der Waals surface area contributed by atoms with Gasteiger partial charge in [-0.05, 0) is 71.6 Å². The third kappa shape index (κ3) is 7.75. The second-order valence-electron chi connectivity index (χ2n) is 10.9. The first kappa shape index (κ1) is 31.4. The molecule has 12 heteroatoms. The van der Waals surface area contributed by atoms with Gasteiger partial charge in [0.25, 0.3) is 0 Å². The molecule has 1 aliphatic rings. The van der Waals surface area contributed by atoms with E-state index in [1.807, 2.05) is 12.1 Å². The van der Waals surface area contributed by atoms with Crippen molar-refractivity contribution >= 4 is 11.8 Å².